The topological polar surface area (TPSA) is 137 Å². The van der Waals surface area contributed by atoms with Gasteiger partial charge in [-0.1, -0.05) is 95.5 Å². The predicted octanol–water partition coefficient (Wildman–Crippen LogP) is 8.53. The van der Waals surface area contributed by atoms with Crippen molar-refractivity contribution in [2.45, 2.75) is 30.4 Å². The number of para-hydroxylation sites is 1. The first-order chi connectivity index (χ1) is 28.7. The number of benzene rings is 4. The van der Waals surface area contributed by atoms with Gasteiger partial charge in [0.15, 0.2) is 11.6 Å². The van der Waals surface area contributed by atoms with E-state index < -0.39 is 81.2 Å². The quantitative estimate of drug-likeness (QED) is 0.0945. The van der Waals surface area contributed by atoms with Gasteiger partial charge in [0.2, 0.25) is 11.8 Å². The Bertz CT molecular complexity index is 2660. The molecule has 15 heteroatoms. The summed E-state index contributed by atoms with van der Waals surface area (Å²) in [5.41, 5.74) is 1.91. The van der Waals surface area contributed by atoms with Gasteiger partial charge in [-0.25, -0.2) is 4.98 Å². The highest BCUT2D eigenvalue weighted by Gasteiger charge is 2.70. The number of anilines is 2. The van der Waals surface area contributed by atoms with E-state index in [2.05, 4.69) is 10.4 Å². The lowest BCUT2D eigenvalue weighted by atomic mass is 9.49. The number of carbonyl (C=O) groups is 5. The molecule has 3 heterocycles. The third-order valence-electron chi connectivity index (χ3n) is 12.2. The van der Waals surface area contributed by atoms with E-state index in [9.17, 15) is 37.5 Å². The third kappa shape index (κ3) is 6.01. The van der Waals surface area contributed by atoms with E-state index in [4.69, 9.17) is 23.2 Å². The van der Waals surface area contributed by atoms with E-state index in [-0.39, 0.29) is 35.6 Å². The number of phenols is 1. The van der Waals surface area contributed by atoms with Crippen LogP contribution in [-0.2, 0) is 30.8 Å². The second-order valence-electron chi connectivity index (χ2n) is 15.2. The number of pyridine rings is 1. The zero-order valence-corrected chi connectivity index (χ0v) is 32.6. The molecule has 6 atom stereocenters. The number of hydrogen-bond acceptors (Lipinski definition) is 8. The number of imide groups is 2. The Hall–Kier alpha value is -6.31. The molecule has 0 radical (unpaired) electrons. The summed E-state index contributed by atoms with van der Waals surface area (Å²) in [6.45, 7) is 0. The van der Waals surface area contributed by atoms with Crippen molar-refractivity contribution in [3.63, 3.8) is 0 Å². The number of amides is 4. The van der Waals surface area contributed by atoms with Crippen LogP contribution in [0.1, 0.15) is 51.4 Å². The van der Waals surface area contributed by atoms with Gasteiger partial charge in [-0.3, -0.25) is 34.3 Å². The van der Waals surface area contributed by atoms with Crippen LogP contribution in [0, 0.1) is 23.7 Å². The number of alkyl halides is 3. The van der Waals surface area contributed by atoms with Gasteiger partial charge in [-0.15, -0.1) is 0 Å². The van der Waals surface area contributed by atoms with Crippen LogP contribution in [-0.4, -0.2) is 44.5 Å². The Balaban J connectivity index is 1.15. The highest BCUT2D eigenvalue weighted by Crippen LogP contribution is 2.65. The van der Waals surface area contributed by atoms with Crippen LogP contribution in [0.15, 0.2) is 127 Å². The molecule has 3 fully saturated rings. The number of aromatic nitrogens is 1. The van der Waals surface area contributed by atoms with Crippen LogP contribution in [0.3, 0.4) is 0 Å². The molecule has 5 aromatic rings. The normalized spacial score (nSPS) is 24.8. The molecule has 2 saturated heterocycles. The van der Waals surface area contributed by atoms with Gasteiger partial charge in [-0.2, -0.15) is 18.2 Å². The van der Waals surface area contributed by atoms with Crippen LogP contribution < -0.4 is 10.3 Å². The summed E-state index contributed by atoms with van der Waals surface area (Å²) in [4.78, 5) is 77.2. The summed E-state index contributed by atoms with van der Waals surface area (Å²) in [5, 5.41) is 12.0. The first kappa shape index (κ1) is 39.2. The number of fused-ring (bicyclic) bond motifs is 4. The number of hydrogen-bond donors (Lipinski definition) is 2. The molecule has 1 aromatic heterocycles. The number of nitrogens with one attached hydrogen (secondary N) is 1. The van der Waals surface area contributed by atoms with E-state index in [0.29, 0.717) is 44.6 Å². The van der Waals surface area contributed by atoms with Crippen molar-refractivity contribution in [1.82, 2.24) is 9.99 Å². The SMILES string of the molecule is O=C(c1ccccc1)c1ccc(N2C(=O)C3CC=C4C(CC5C(=O)N(Nc6ncc(C(F)(F)F)cc6Cl)C(=O)C5(c5ccc(Cl)cc5)C4c4ccccc4O)C3C2=O)cc1. The second kappa shape index (κ2) is 14.5. The fourth-order valence-corrected chi connectivity index (χ4v) is 9.97. The lowest BCUT2D eigenvalue weighted by Gasteiger charge is -2.50. The van der Waals surface area contributed by atoms with Crippen molar-refractivity contribution in [3.8, 4) is 5.75 Å². The molecule has 60 heavy (non-hydrogen) atoms. The second-order valence-corrected chi connectivity index (χ2v) is 16.1. The van der Waals surface area contributed by atoms with E-state index in [1.54, 1.807) is 84.9 Å². The molecule has 302 valence electrons. The molecular formula is C45H31Cl2F3N4O6. The van der Waals surface area contributed by atoms with E-state index >= 15 is 4.79 Å². The number of nitrogens with zero attached hydrogens (tertiary/aromatic N) is 3. The van der Waals surface area contributed by atoms with Crippen molar-refractivity contribution in [3.05, 3.63) is 165 Å². The number of allylic oxidation sites excluding steroid dienone is 2. The molecular weight excluding hydrogens is 820 g/mol. The Morgan fingerprint density at radius 2 is 1.48 bits per heavy atom. The Morgan fingerprint density at radius 3 is 2.15 bits per heavy atom. The smallest absolute Gasteiger partial charge is 0.417 e. The average molecular weight is 852 g/mol. The van der Waals surface area contributed by atoms with Gasteiger partial charge in [0.25, 0.3) is 11.8 Å². The maximum atomic E-state index is 15.3. The molecule has 9 rings (SSSR count). The molecule has 0 bridgehead atoms. The molecule has 2 aliphatic heterocycles. The van der Waals surface area contributed by atoms with Crippen molar-refractivity contribution in [2.24, 2.45) is 23.7 Å². The van der Waals surface area contributed by atoms with Crippen LogP contribution in [0.25, 0.3) is 0 Å². The van der Waals surface area contributed by atoms with Gasteiger partial charge < -0.3 is 5.11 Å². The first-order valence-corrected chi connectivity index (χ1v) is 19.7. The molecule has 2 N–H and O–H groups in total. The number of rotatable bonds is 7. The Kier molecular flexibility index (Phi) is 9.44. The fraction of sp³-hybridized carbons (Fsp3) is 0.200. The first-order valence-electron chi connectivity index (χ1n) is 18.9. The molecule has 10 nitrogen and oxygen atoms in total. The van der Waals surface area contributed by atoms with Crippen LogP contribution in [0.2, 0.25) is 10.0 Å². The lowest BCUT2D eigenvalue weighted by Crippen LogP contribution is -2.53. The summed E-state index contributed by atoms with van der Waals surface area (Å²) in [6, 6.07) is 28.1. The minimum absolute atomic E-state index is 0.1000. The van der Waals surface area contributed by atoms with E-state index in [0.717, 1.165) is 4.90 Å². The van der Waals surface area contributed by atoms with E-state index in [1.165, 1.54) is 18.2 Å². The zero-order chi connectivity index (χ0) is 42.2. The number of ketones is 1. The molecule has 4 amide bonds. The summed E-state index contributed by atoms with van der Waals surface area (Å²) in [6.07, 6.45) is -2.44. The average Bonchev–Trinajstić information content (AvgIpc) is 3.62. The lowest BCUT2D eigenvalue weighted by molar-refractivity contribution is -0.139. The van der Waals surface area contributed by atoms with Gasteiger partial charge >= 0.3 is 6.18 Å². The summed E-state index contributed by atoms with van der Waals surface area (Å²) < 4.78 is 40.5. The van der Waals surface area contributed by atoms with Crippen molar-refractivity contribution < 1.29 is 42.3 Å². The number of phenolic OH excluding ortho intramolecular Hbond substituents is 1. The monoisotopic (exact) mass is 850 g/mol. The molecule has 2 aliphatic carbocycles. The van der Waals surface area contributed by atoms with E-state index in [1.807, 2.05) is 6.08 Å². The number of hydrazine groups is 1. The standard InChI is InChI=1S/C45H31Cl2F3N4O6/c46-27-14-12-25(13-15-27)44-33(41(58)54(43(44)60)52-39-34(47)20-26(22-51-39)45(48,49)50)21-32-29(37(44)30-8-4-5-9-35(30)55)18-19-31-36(32)42(59)53(40(31)57)28-16-10-24(11-17-28)38(56)23-6-2-1-3-7-23/h1-18,20,22,31-33,36-37,55H,19,21H2,(H,51,52). The highest BCUT2D eigenvalue weighted by molar-refractivity contribution is 6.33. The number of halogens is 5. The van der Waals surface area contributed by atoms with Gasteiger partial charge in [0.1, 0.15) is 5.75 Å². The largest absolute Gasteiger partial charge is 0.508 e. The van der Waals surface area contributed by atoms with Crippen molar-refractivity contribution in [1.29, 1.82) is 0 Å². The zero-order valence-electron chi connectivity index (χ0n) is 31.1. The summed E-state index contributed by atoms with van der Waals surface area (Å²) in [5.74, 6) is -8.35. The van der Waals surface area contributed by atoms with Crippen LogP contribution >= 0.6 is 23.2 Å². The third-order valence-corrected chi connectivity index (χ3v) is 12.8. The Morgan fingerprint density at radius 1 is 0.817 bits per heavy atom. The van der Waals surface area contributed by atoms with Crippen LogP contribution in [0.5, 0.6) is 5.75 Å². The number of carbonyl (C=O) groups excluding carboxylic acids is 5. The minimum atomic E-state index is -4.77. The van der Waals surface area contributed by atoms with Gasteiger partial charge in [-0.05, 0) is 72.9 Å². The van der Waals surface area contributed by atoms with Crippen molar-refractivity contribution in [2.75, 3.05) is 10.3 Å². The highest BCUT2D eigenvalue weighted by atomic mass is 35.5. The van der Waals surface area contributed by atoms with Gasteiger partial charge in [0, 0.05) is 33.8 Å². The molecule has 0 spiro atoms. The molecule has 1 saturated carbocycles. The molecule has 6 unspecified atom stereocenters. The number of aromatic hydroxyl groups is 1. The van der Waals surface area contributed by atoms with Gasteiger partial charge in [0.05, 0.1) is 39.4 Å². The maximum Gasteiger partial charge on any atom is 0.417 e. The fourth-order valence-electron chi connectivity index (χ4n) is 9.63. The summed E-state index contributed by atoms with van der Waals surface area (Å²) in [7, 11) is 0. The minimum Gasteiger partial charge on any atom is -0.508 e. The summed E-state index contributed by atoms with van der Waals surface area (Å²) >= 11 is 12.6. The predicted molar refractivity (Wildman–Crippen MR) is 214 cm³/mol. The van der Waals surface area contributed by atoms with Crippen molar-refractivity contribution >= 4 is 64.1 Å². The van der Waals surface area contributed by atoms with Crippen LogP contribution in [0.4, 0.5) is 24.7 Å². The Labute approximate surface area is 350 Å². The molecule has 4 aliphatic rings. The maximum absolute atomic E-state index is 15.3. The molecule has 4 aromatic carbocycles.